The molecule has 0 aliphatic rings. The fraction of sp³-hybridized carbons (Fsp3) is 0.235. The Hall–Kier alpha value is -2.29. The second-order valence-corrected chi connectivity index (χ2v) is 5.18. The van der Waals surface area contributed by atoms with Crippen molar-refractivity contribution in [2.24, 2.45) is 0 Å². The standard InChI is InChI=1S/C17H18N2O/c1-4-19-16-7-5-11(2)9-14(16)15-10-13(18-12(3)20)6-8-17(15)19/h5-10H,4H2,1-3H3,(H,18,20). The Labute approximate surface area is 118 Å². The SMILES string of the molecule is CCn1c2ccc(C)cc2c2cc(NC(C)=O)ccc21. The van der Waals surface area contributed by atoms with Crippen LogP contribution in [0.3, 0.4) is 0 Å². The van der Waals surface area contributed by atoms with Crippen LogP contribution in [0.4, 0.5) is 5.69 Å². The molecule has 3 heteroatoms. The van der Waals surface area contributed by atoms with Crippen LogP contribution in [0.1, 0.15) is 19.4 Å². The maximum Gasteiger partial charge on any atom is 0.221 e. The Kier molecular flexibility index (Phi) is 2.97. The van der Waals surface area contributed by atoms with Gasteiger partial charge < -0.3 is 9.88 Å². The molecule has 3 aromatic rings. The maximum atomic E-state index is 11.2. The van der Waals surface area contributed by atoms with Crippen molar-refractivity contribution in [1.29, 1.82) is 0 Å². The highest BCUT2D eigenvalue weighted by Crippen LogP contribution is 2.31. The molecule has 1 N–H and O–H groups in total. The van der Waals surface area contributed by atoms with Gasteiger partial charge in [-0.25, -0.2) is 0 Å². The van der Waals surface area contributed by atoms with Crippen LogP contribution < -0.4 is 5.32 Å². The third kappa shape index (κ3) is 1.95. The molecule has 20 heavy (non-hydrogen) atoms. The molecule has 0 unspecified atom stereocenters. The van der Waals surface area contributed by atoms with E-state index in [4.69, 9.17) is 0 Å². The van der Waals surface area contributed by atoms with Crippen molar-refractivity contribution in [1.82, 2.24) is 4.57 Å². The average molecular weight is 266 g/mol. The summed E-state index contributed by atoms with van der Waals surface area (Å²) >= 11 is 0. The predicted molar refractivity (Wildman–Crippen MR) is 84.2 cm³/mol. The summed E-state index contributed by atoms with van der Waals surface area (Å²) in [4.78, 5) is 11.2. The Bertz CT molecular complexity index is 815. The smallest absolute Gasteiger partial charge is 0.221 e. The van der Waals surface area contributed by atoms with Gasteiger partial charge in [0.1, 0.15) is 0 Å². The lowest BCUT2D eigenvalue weighted by Gasteiger charge is -2.04. The molecule has 0 fully saturated rings. The van der Waals surface area contributed by atoms with Crippen molar-refractivity contribution in [2.75, 3.05) is 5.32 Å². The van der Waals surface area contributed by atoms with E-state index in [1.54, 1.807) is 0 Å². The Morgan fingerprint density at radius 3 is 2.40 bits per heavy atom. The number of aromatic nitrogens is 1. The summed E-state index contributed by atoms with van der Waals surface area (Å²) in [6.07, 6.45) is 0. The number of nitrogens with zero attached hydrogens (tertiary/aromatic N) is 1. The zero-order valence-corrected chi connectivity index (χ0v) is 12.0. The number of hydrogen-bond acceptors (Lipinski definition) is 1. The van der Waals surface area contributed by atoms with E-state index in [0.29, 0.717) is 0 Å². The molecular weight excluding hydrogens is 248 g/mol. The van der Waals surface area contributed by atoms with Gasteiger partial charge in [0.25, 0.3) is 0 Å². The average Bonchev–Trinajstić information content (AvgIpc) is 2.71. The number of nitrogens with one attached hydrogen (secondary N) is 1. The molecular formula is C17H18N2O. The topological polar surface area (TPSA) is 34.0 Å². The van der Waals surface area contributed by atoms with Gasteiger partial charge in [0, 0.05) is 41.0 Å². The second kappa shape index (κ2) is 4.67. The second-order valence-electron chi connectivity index (χ2n) is 5.18. The molecule has 0 aliphatic heterocycles. The van der Waals surface area contributed by atoms with E-state index in [1.807, 2.05) is 6.07 Å². The quantitative estimate of drug-likeness (QED) is 0.745. The van der Waals surface area contributed by atoms with Gasteiger partial charge in [-0.15, -0.1) is 0 Å². The Morgan fingerprint density at radius 2 is 1.75 bits per heavy atom. The van der Waals surface area contributed by atoms with Crippen molar-refractivity contribution in [3.63, 3.8) is 0 Å². The van der Waals surface area contributed by atoms with Crippen molar-refractivity contribution >= 4 is 33.4 Å². The zero-order chi connectivity index (χ0) is 14.3. The first-order valence-corrected chi connectivity index (χ1v) is 6.90. The van der Waals surface area contributed by atoms with Gasteiger partial charge in [-0.1, -0.05) is 11.6 Å². The fourth-order valence-electron chi connectivity index (χ4n) is 2.84. The molecule has 1 heterocycles. The number of aryl methyl sites for hydroxylation is 2. The summed E-state index contributed by atoms with van der Waals surface area (Å²) in [5, 5.41) is 5.29. The number of anilines is 1. The molecule has 0 atom stereocenters. The molecule has 0 spiro atoms. The van der Waals surface area contributed by atoms with E-state index in [9.17, 15) is 4.79 Å². The Balaban J connectivity index is 2.35. The third-order valence-corrected chi connectivity index (χ3v) is 3.66. The lowest BCUT2D eigenvalue weighted by molar-refractivity contribution is -0.114. The summed E-state index contributed by atoms with van der Waals surface area (Å²) in [7, 11) is 0. The molecule has 2 aromatic carbocycles. The first kappa shape index (κ1) is 12.7. The molecule has 0 saturated heterocycles. The lowest BCUT2D eigenvalue weighted by Crippen LogP contribution is -2.05. The van der Waals surface area contributed by atoms with Gasteiger partial charge in [-0.3, -0.25) is 4.79 Å². The van der Waals surface area contributed by atoms with Crippen LogP contribution in [0.15, 0.2) is 36.4 Å². The van der Waals surface area contributed by atoms with E-state index < -0.39 is 0 Å². The molecule has 0 bridgehead atoms. The van der Waals surface area contributed by atoms with Crippen molar-refractivity contribution in [3.05, 3.63) is 42.0 Å². The minimum absolute atomic E-state index is 0.0419. The molecule has 102 valence electrons. The third-order valence-electron chi connectivity index (χ3n) is 3.66. The van der Waals surface area contributed by atoms with E-state index in [1.165, 1.54) is 34.3 Å². The normalized spacial score (nSPS) is 11.2. The first-order chi connectivity index (χ1) is 9.60. The van der Waals surface area contributed by atoms with E-state index in [-0.39, 0.29) is 5.91 Å². The van der Waals surface area contributed by atoms with E-state index >= 15 is 0 Å². The van der Waals surface area contributed by atoms with Gasteiger partial charge in [-0.2, -0.15) is 0 Å². The van der Waals surface area contributed by atoms with E-state index in [2.05, 4.69) is 54.1 Å². The first-order valence-electron chi connectivity index (χ1n) is 6.90. The lowest BCUT2D eigenvalue weighted by atomic mass is 10.1. The molecule has 3 rings (SSSR count). The number of rotatable bonds is 2. The minimum atomic E-state index is -0.0419. The van der Waals surface area contributed by atoms with Crippen molar-refractivity contribution in [2.45, 2.75) is 27.3 Å². The molecule has 1 amide bonds. The van der Waals surface area contributed by atoms with Crippen molar-refractivity contribution in [3.8, 4) is 0 Å². The van der Waals surface area contributed by atoms with Crippen LogP contribution in [0, 0.1) is 6.92 Å². The maximum absolute atomic E-state index is 11.2. The highest BCUT2D eigenvalue weighted by atomic mass is 16.1. The van der Waals surface area contributed by atoms with Gasteiger partial charge in [-0.05, 0) is 44.2 Å². The molecule has 0 aliphatic carbocycles. The highest BCUT2D eigenvalue weighted by Gasteiger charge is 2.10. The minimum Gasteiger partial charge on any atom is -0.341 e. The predicted octanol–water partition coefficient (Wildman–Crippen LogP) is 4.08. The van der Waals surface area contributed by atoms with Gasteiger partial charge in [0.15, 0.2) is 0 Å². The number of fused-ring (bicyclic) bond motifs is 3. The summed E-state index contributed by atoms with van der Waals surface area (Å²) in [6.45, 7) is 6.72. The number of benzene rings is 2. The van der Waals surface area contributed by atoms with Crippen LogP contribution >= 0.6 is 0 Å². The summed E-state index contributed by atoms with van der Waals surface area (Å²) in [5.41, 5.74) is 4.55. The monoisotopic (exact) mass is 266 g/mol. The molecule has 3 nitrogen and oxygen atoms in total. The number of carbonyl (C=O) groups is 1. The van der Waals surface area contributed by atoms with Crippen LogP contribution in [0.25, 0.3) is 21.8 Å². The van der Waals surface area contributed by atoms with Gasteiger partial charge >= 0.3 is 0 Å². The highest BCUT2D eigenvalue weighted by molar-refractivity contribution is 6.10. The van der Waals surface area contributed by atoms with Crippen LogP contribution in [0.2, 0.25) is 0 Å². The van der Waals surface area contributed by atoms with Crippen molar-refractivity contribution < 1.29 is 4.79 Å². The molecule has 0 radical (unpaired) electrons. The van der Waals surface area contributed by atoms with Crippen LogP contribution in [-0.2, 0) is 11.3 Å². The van der Waals surface area contributed by atoms with Crippen LogP contribution in [-0.4, -0.2) is 10.5 Å². The van der Waals surface area contributed by atoms with Gasteiger partial charge in [0.05, 0.1) is 0 Å². The number of hydrogen-bond donors (Lipinski definition) is 1. The number of carbonyl (C=O) groups excluding carboxylic acids is 1. The van der Waals surface area contributed by atoms with Gasteiger partial charge in [0.2, 0.25) is 5.91 Å². The summed E-state index contributed by atoms with van der Waals surface area (Å²) in [6, 6.07) is 12.6. The summed E-state index contributed by atoms with van der Waals surface area (Å²) in [5.74, 6) is -0.0419. The Morgan fingerprint density at radius 1 is 1.10 bits per heavy atom. The molecule has 0 saturated carbocycles. The number of amides is 1. The molecule has 1 aromatic heterocycles. The van der Waals surface area contributed by atoms with E-state index in [0.717, 1.165) is 12.2 Å². The summed E-state index contributed by atoms with van der Waals surface area (Å²) < 4.78 is 2.31. The van der Waals surface area contributed by atoms with Crippen LogP contribution in [0.5, 0.6) is 0 Å². The zero-order valence-electron chi connectivity index (χ0n) is 12.0. The largest absolute Gasteiger partial charge is 0.341 e. The fourth-order valence-corrected chi connectivity index (χ4v) is 2.84.